The number of carbonyl (C=O) groups excluding carboxylic acids is 1. The Labute approximate surface area is 164 Å². The molecule has 0 unspecified atom stereocenters. The van der Waals surface area contributed by atoms with Crippen LogP contribution in [0.3, 0.4) is 0 Å². The van der Waals surface area contributed by atoms with Crippen LogP contribution in [0, 0.1) is 6.92 Å². The Morgan fingerprint density at radius 3 is 2.64 bits per heavy atom. The van der Waals surface area contributed by atoms with Gasteiger partial charge in [-0.15, -0.1) is 0 Å². The summed E-state index contributed by atoms with van der Waals surface area (Å²) in [7, 11) is 0. The number of ether oxygens (including phenoxy) is 1. The van der Waals surface area contributed by atoms with Crippen LogP contribution >= 0.6 is 0 Å². The fourth-order valence-corrected chi connectivity index (χ4v) is 3.57. The topological polar surface area (TPSA) is 64.4 Å². The van der Waals surface area contributed by atoms with Crippen molar-refractivity contribution in [2.75, 3.05) is 6.61 Å². The van der Waals surface area contributed by atoms with Crippen LogP contribution in [0.15, 0.2) is 59.0 Å². The summed E-state index contributed by atoms with van der Waals surface area (Å²) in [6, 6.07) is 18.2. The molecule has 2 heterocycles. The zero-order chi connectivity index (χ0) is 19.3. The van der Waals surface area contributed by atoms with Gasteiger partial charge >= 0.3 is 0 Å². The van der Waals surface area contributed by atoms with Crippen molar-refractivity contribution in [1.29, 1.82) is 0 Å². The highest BCUT2D eigenvalue weighted by atomic mass is 16.5. The molecule has 28 heavy (non-hydrogen) atoms. The second-order valence-corrected chi connectivity index (χ2v) is 7.09. The van der Waals surface area contributed by atoms with Crippen molar-refractivity contribution in [2.45, 2.75) is 38.3 Å². The molecule has 1 fully saturated rings. The van der Waals surface area contributed by atoms with E-state index >= 15 is 0 Å². The molecule has 0 spiro atoms. The second kappa shape index (κ2) is 8.40. The molecule has 2 atom stereocenters. The highest BCUT2D eigenvalue weighted by molar-refractivity contribution is 5.58. The summed E-state index contributed by atoms with van der Waals surface area (Å²) in [6.07, 6.45) is 3.56. The second-order valence-electron chi connectivity index (χ2n) is 7.09. The minimum Gasteiger partial charge on any atom is -0.493 e. The van der Waals surface area contributed by atoms with Crippen molar-refractivity contribution >= 4 is 6.29 Å². The number of nitrogens with one attached hydrogen (secondary N) is 1. The standard InChI is InChI=1S/C23H24N2O3/c1-16-21(25-23(28-16)18-5-3-2-4-6-18)13-14-27-20-10-7-17(8-11-20)22-12-9-19(15-26)24-22/h2-8,10-11,15,19,22,24H,9,12-14H2,1H3/t19-,22-/m1/s1. The molecule has 0 saturated carbocycles. The molecule has 4 rings (SSSR count). The number of nitrogens with zero attached hydrogens (tertiary/aromatic N) is 1. The average Bonchev–Trinajstić information content (AvgIpc) is 3.36. The first-order valence-electron chi connectivity index (χ1n) is 9.69. The molecule has 1 saturated heterocycles. The van der Waals surface area contributed by atoms with Crippen molar-refractivity contribution < 1.29 is 13.9 Å². The van der Waals surface area contributed by atoms with Crippen LogP contribution in [0.25, 0.3) is 11.5 Å². The Morgan fingerprint density at radius 1 is 1.14 bits per heavy atom. The first-order valence-corrected chi connectivity index (χ1v) is 9.69. The summed E-state index contributed by atoms with van der Waals surface area (Å²) >= 11 is 0. The molecule has 1 N–H and O–H groups in total. The smallest absolute Gasteiger partial charge is 0.226 e. The predicted octanol–water partition coefficient (Wildman–Crippen LogP) is 4.26. The van der Waals surface area contributed by atoms with Gasteiger partial charge in [0.05, 0.1) is 18.3 Å². The van der Waals surface area contributed by atoms with Crippen LogP contribution < -0.4 is 10.1 Å². The van der Waals surface area contributed by atoms with E-state index in [1.165, 1.54) is 5.56 Å². The minimum atomic E-state index is -0.0209. The number of rotatable bonds is 7. The molecule has 0 radical (unpaired) electrons. The Hall–Kier alpha value is -2.92. The molecule has 1 aromatic heterocycles. The Balaban J connectivity index is 1.32. The lowest BCUT2D eigenvalue weighted by Crippen LogP contribution is -2.25. The highest BCUT2D eigenvalue weighted by Gasteiger charge is 2.24. The molecule has 1 aliphatic heterocycles. The quantitative estimate of drug-likeness (QED) is 0.624. The lowest BCUT2D eigenvalue weighted by atomic mass is 10.1. The maximum Gasteiger partial charge on any atom is 0.226 e. The number of hydrogen-bond acceptors (Lipinski definition) is 5. The zero-order valence-electron chi connectivity index (χ0n) is 15.9. The van der Waals surface area contributed by atoms with E-state index in [-0.39, 0.29) is 12.1 Å². The van der Waals surface area contributed by atoms with E-state index in [0.717, 1.165) is 41.9 Å². The predicted molar refractivity (Wildman–Crippen MR) is 107 cm³/mol. The Bertz CT molecular complexity index is 919. The van der Waals surface area contributed by atoms with Gasteiger partial charge in [-0.05, 0) is 49.6 Å². The van der Waals surface area contributed by atoms with Gasteiger partial charge in [0, 0.05) is 18.0 Å². The molecule has 0 amide bonds. The van der Waals surface area contributed by atoms with Gasteiger partial charge in [0.25, 0.3) is 0 Å². The summed E-state index contributed by atoms with van der Waals surface area (Å²) < 4.78 is 11.7. The van der Waals surface area contributed by atoms with Crippen LogP contribution in [0.5, 0.6) is 5.75 Å². The maximum absolute atomic E-state index is 10.9. The number of aromatic nitrogens is 1. The molecule has 0 aliphatic carbocycles. The third-order valence-corrected chi connectivity index (χ3v) is 5.15. The lowest BCUT2D eigenvalue weighted by Gasteiger charge is -2.12. The molecule has 1 aliphatic rings. The van der Waals surface area contributed by atoms with Crippen LogP contribution in [0.1, 0.15) is 35.9 Å². The maximum atomic E-state index is 10.9. The normalized spacial score (nSPS) is 18.9. The van der Waals surface area contributed by atoms with Crippen molar-refractivity contribution in [1.82, 2.24) is 10.3 Å². The Morgan fingerprint density at radius 2 is 1.93 bits per heavy atom. The van der Waals surface area contributed by atoms with Gasteiger partial charge in [0.1, 0.15) is 17.8 Å². The lowest BCUT2D eigenvalue weighted by molar-refractivity contribution is -0.109. The van der Waals surface area contributed by atoms with Gasteiger partial charge in [0.2, 0.25) is 5.89 Å². The fraction of sp³-hybridized carbons (Fsp3) is 0.304. The monoisotopic (exact) mass is 376 g/mol. The summed E-state index contributed by atoms with van der Waals surface area (Å²) in [5.41, 5.74) is 3.09. The zero-order valence-corrected chi connectivity index (χ0v) is 15.9. The molecule has 5 heteroatoms. The minimum absolute atomic E-state index is 0.0209. The molecule has 3 aromatic rings. The first-order chi connectivity index (χ1) is 13.7. The number of oxazole rings is 1. The summed E-state index contributed by atoms with van der Waals surface area (Å²) in [4.78, 5) is 15.5. The van der Waals surface area contributed by atoms with Gasteiger partial charge in [0.15, 0.2) is 0 Å². The van der Waals surface area contributed by atoms with Crippen LogP contribution in [-0.4, -0.2) is 23.9 Å². The number of carbonyl (C=O) groups is 1. The van der Waals surface area contributed by atoms with Gasteiger partial charge in [-0.25, -0.2) is 4.98 Å². The SMILES string of the molecule is Cc1oc(-c2ccccc2)nc1CCOc1ccc([C@H]2CC[C@H](C=O)N2)cc1. The van der Waals surface area contributed by atoms with E-state index in [2.05, 4.69) is 22.4 Å². The van der Waals surface area contributed by atoms with Crippen molar-refractivity contribution in [3.05, 3.63) is 71.6 Å². The van der Waals surface area contributed by atoms with E-state index < -0.39 is 0 Å². The highest BCUT2D eigenvalue weighted by Crippen LogP contribution is 2.27. The molecule has 144 valence electrons. The van der Waals surface area contributed by atoms with Crippen molar-refractivity contribution in [2.24, 2.45) is 0 Å². The van der Waals surface area contributed by atoms with E-state index in [4.69, 9.17) is 9.15 Å². The summed E-state index contributed by atoms with van der Waals surface area (Å²) in [6.45, 7) is 2.47. The molecular formula is C23H24N2O3. The molecule has 2 aromatic carbocycles. The summed E-state index contributed by atoms with van der Waals surface area (Å²) in [5.74, 6) is 2.31. The van der Waals surface area contributed by atoms with Crippen LogP contribution in [-0.2, 0) is 11.2 Å². The van der Waals surface area contributed by atoms with Crippen LogP contribution in [0.4, 0.5) is 0 Å². The first kappa shape index (κ1) is 18.4. The van der Waals surface area contributed by atoms with E-state index in [9.17, 15) is 4.79 Å². The fourth-order valence-electron chi connectivity index (χ4n) is 3.57. The number of aryl methyl sites for hydroxylation is 1. The number of aldehydes is 1. The third kappa shape index (κ3) is 4.15. The van der Waals surface area contributed by atoms with Gasteiger partial charge in [-0.2, -0.15) is 0 Å². The number of hydrogen-bond donors (Lipinski definition) is 1. The van der Waals surface area contributed by atoms with Crippen molar-refractivity contribution in [3.8, 4) is 17.2 Å². The van der Waals surface area contributed by atoms with Gasteiger partial charge in [-0.1, -0.05) is 30.3 Å². The van der Waals surface area contributed by atoms with E-state index in [0.29, 0.717) is 18.9 Å². The Kier molecular flexibility index (Phi) is 5.53. The van der Waals surface area contributed by atoms with Gasteiger partial charge < -0.3 is 19.3 Å². The number of benzene rings is 2. The largest absolute Gasteiger partial charge is 0.493 e. The molecule has 0 bridgehead atoms. The van der Waals surface area contributed by atoms with Gasteiger partial charge in [-0.3, -0.25) is 0 Å². The van der Waals surface area contributed by atoms with E-state index in [1.807, 2.05) is 49.4 Å². The average molecular weight is 376 g/mol. The van der Waals surface area contributed by atoms with E-state index in [1.54, 1.807) is 0 Å². The van der Waals surface area contributed by atoms with Crippen LogP contribution in [0.2, 0.25) is 0 Å². The molecular weight excluding hydrogens is 352 g/mol. The third-order valence-electron chi connectivity index (χ3n) is 5.15. The van der Waals surface area contributed by atoms with Crippen molar-refractivity contribution in [3.63, 3.8) is 0 Å². The molecule has 5 nitrogen and oxygen atoms in total. The summed E-state index contributed by atoms with van der Waals surface area (Å²) in [5, 5.41) is 3.34.